The average molecular weight is 374 g/mol. The van der Waals surface area contributed by atoms with Crippen LogP contribution >= 0.6 is 15.9 Å². The Bertz CT molecular complexity index is 771. The van der Waals surface area contributed by atoms with Crippen LogP contribution in [0.2, 0.25) is 0 Å². The van der Waals surface area contributed by atoms with E-state index in [1.54, 1.807) is 12.1 Å². The van der Waals surface area contributed by atoms with Crippen LogP contribution in [0.1, 0.15) is 5.89 Å². The molecule has 0 amide bonds. The van der Waals surface area contributed by atoms with Gasteiger partial charge in [0.15, 0.2) is 9.84 Å². The summed E-state index contributed by atoms with van der Waals surface area (Å²) in [5, 5.41) is 3.32. The number of nitrogens with zero attached hydrogens (tertiary/aromatic N) is 2. The number of sulfone groups is 1. The third kappa shape index (κ3) is 2.61. The van der Waals surface area contributed by atoms with Gasteiger partial charge in [-0.05, 0) is 34.1 Å². The summed E-state index contributed by atoms with van der Waals surface area (Å²) in [7, 11) is -3.39. The molecule has 0 bridgehead atoms. The van der Waals surface area contributed by atoms with Crippen LogP contribution in [-0.2, 0) is 21.1 Å². The van der Waals surface area contributed by atoms with Crippen molar-refractivity contribution in [1.29, 1.82) is 0 Å². The lowest BCUT2D eigenvalue weighted by Crippen LogP contribution is -2.40. The highest BCUT2D eigenvalue weighted by Crippen LogP contribution is 2.31. The van der Waals surface area contributed by atoms with Crippen molar-refractivity contribution in [3.63, 3.8) is 0 Å². The lowest BCUT2D eigenvalue weighted by atomic mass is 10.2. The van der Waals surface area contributed by atoms with Crippen molar-refractivity contribution in [2.45, 2.75) is 16.7 Å². The zero-order valence-electron chi connectivity index (χ0n) is 10.8. The third-order valence-electron chi connectivity index (χ3n) is 3.19. The molecule has 0 spiro atoms. The molecule has 0 aliphatic carbocycles. The van der Waals surface area contributed by atoms with Gasteiger partial charge in [-0.15, -0.1) is 0 Å². The third-order valence-corrected chi connectivity index (χ3v) is 6.22. The van der Waals surface area contributed by atoms with Crippen molar-refractivity contribution in [1.82, 2.24) is 10.1 Å². The van der Waals surface area contributed by atoms with Crippen LogP contribution in [0.15, 0.2) is 32.1 Å². The van der Waals surface area contributed by atoms with E-state index in [9.17, 15) is 8.42 Å². The van der Waals surface area contributed by atoms with Gasteiger partial charge in [-0.3, -0.25) is 0 Å². The van der Waals surface area contributed by atoms with Crippen LogP contribution in [-0.4, -0.2) is 37.0 Å². The summed E-state index contributed by atoms with van der Waals surface area (Å²) in [5.41, 5.74) is 6.06. The number of benzene rings is 1. The normalized spacial score (nSPS) is 15.9. The van der Waals surface area contributed by atoms with E-state index in [1.807, 2.05) is 0 Å². The van der Waals surface area contributed by atoms with Crippen LogP contribution in [0.4, 0.5) is 0 Å². The maximum absolute atomic E-state index is 12.4. The van der Waals surface area contributed by atoms with Crippen LogP contribution in [0.5, 0.6) is 0 Å². The van der Waals surface area contributed by atoms with Crippen LogP contribution in [0.25, 0.3) is 11.4 Å². The molecule has 0 atom stereocenters. The molecule has 2 aromatic rings. The van der Waals surface area contributed by atoms with Gasteiger partial charge >= 0.3 is 0 Å². The summed E-state index contributed by atoms with van der Waals surface area (Å²) in [5.74, 6) is 0.691. The number of nitrogens with two attached hydrogens (primary N) is 1. The molecule has 3 rings (SSSR count). The van der Waals surface area contributed by atoms with E-state index < -0.39 is 15.1 Å². The van der Waals surface area contributed by atoms with Gasteiger partial charge in [0, 0.05) is 10.0 Å². The van der Waals surface area contributed by atoms with Gasteiger partial charge < -0.3 is 15.0 Å². The molecule has 2 N–H and O–H groups in total. The van der Waals surface area contributed by atoms with E-state index in [4.69, 9.17) is 15.0 Å². The second-order valence-electron chi connectivity index (χ2n) is 4.57. The predicted octanol–water partition coefficient (Wildman–Crippen LogP) is 1.13. The predicted molar refractivity (Wildman–Crippen MR) is 77.1 cm³/mol. The molecule has 0 unspecified atom stereocenters. The van der Waals surface area contributed by atoms with Crippen molar-refractivity contribution >= 4 is 25.8 Å². The summed E-state index contributed by atoms with van der Waals surface area (Å²) >= 11 is 3.29. The number of rotatable bonds is 4. The lowest BCUT2D eigenvalue weighted by Gasteiger charge is -2.26. The Morgan fingerprint density at radius 2 is 2.14 bits per heavy atom. The van der Waals surface area contributed by atoms with Gasteiger partial charge in [0.05, 0.1) is 24.7 Å². The largest absolute Gasteiger partial charge is 0.379 e. The Kier molecular flexibility index (Phi) is 3.82. The van der Waals surface area contributed by atoms with Crippen molar-refractivity contribution in [3.8, 4) is 11.4 Å². The molecule has 1 aromatic heterocycles. The quantitative estimate of drug-likeness (QED) is 0.855. The number of aromatic nitrogens is 2. The summed E-state index contributed by atoms with van der Waals surface area (Å²) in [4.78, 5) is 4.34. The molecule has 1 aromatic carbocycles. The Morgan fingerprint density at radius 3 is 2.67 bits per heavy atom. The number of hydrogen-bond acceptors (Lipinski definition) is 7. The summed E-state index contributed by atoms with van der Waals surface area (Å²) in [6.07, 6.45) is 0. The maximum atomic E-state index is 12.4. The Balaban J connectivity index is 1.96. The van der Waals surface area contributed by atoms with E-state index >= 15 is 0 Å². The number of hydrogen-bond donors (Lipinski definition) is 1. The molecule has 7 nitrogen and oxygen atoms in total. The van der Waals surface area contributed by atoms with Gasteiger partial charge in [0.1, 0.15) is 5.25 Å². The van der Waals surface area contributed by atoms with Gasteiger partial charge in [-0.2, -0.15) is 4.98 Å². The molecule has 112 valence electrons. The molecule has 1 aliphatic heterocycles. The maximum Gasteiger partial charge on any atom is 0.240 e. The second kappa shape index (κ2) is 5.48. The van der Waals surface area contributed by atoms with E-state index in [0.717, 1.165) is 0 Å². The Hall–Kier alpha value is -1.29. The smallest absolute Gasteiger partial charge is 0.240 e. The fourth-order valence-corrected chi connectivity index (χ4v) is 4.45. The first kappa shape index (κ1) is 14.6. The van der Waals surface area contributed by atoms with E-state index in [2.05, 4.69) is 26.1 Å². The van der Waals surface area contributed by atoms with Crippen LogP contribution in [0, 0.1) is 0 Å². The Morgan fingerprint density at radius 1 is 1.38 bits per heavy atom. The summed E-state index contributed by atoms with van der Waals surface area (Å²) < 4.78 is 35.1. The molecule has 2 heterocycles. The van der Waals surface area contributed by atoms with Crippen LogP contribution < -0.4 is 5.73 Å². The molecule has 0 saturated carbocycles. The van der Waals surface area contributed by atoms with Crippen molar-refractivity contribution < 1.29 is 17.7 Å². The summed E-state index contributed by atoms with van der Waals surface area (Å²) in [6, 6.07) is 4.82. The Labute approximate surface area is 129 Å². The minimum absolute atomic E-state index is 0.155. The first-order valence-corrected chi connectivity index (χ1v) is 8.50. The molecular weight excluding hydrogens is 362 g/mol. The van der Waals surface area contributed by atoms with E-state index in [-0.39, 0.29) is 24.7 Å². The number of halogens is 1. The van der Waals surface area contributed by atoms with Gasteiger partial charge in [-0.1, -0.05) is 5.16 Å². The highest BCUT2D eigenvalue weighted by molar-refractivity contribution is 9.10. The molecule has 21 heavy (non-hydrogen) atoms. The average Bonchev–Trinajstić information content (AvgIpc) is 2.84. The fourth-order valence-electron chi connectivity index (χ4n) is 1.90. The lowest BCUT2D eigenvalue weighted by molar-refractivity contribution is 0.0416. The first-order chi connectivity index (χ1) is 10.0. The van der Waals surface area contributed by atoms with Gasteiger partial charge in [-0.25, -0.2) is 8.42 Å². The molecule has 0 radical (unpaired) electrons. The van der Waals surface area contributed by atoms with Crippen LogP contribution in [0.3, 0.4) is 0 Å². The van der Waals surface area contributed by atoms with Crippen molar-refractivity contribution in [2.24, 2.45) is 5.73 Å². The summed E-state index contributed by atoms with van der Waals surface area (Å²) in [6.45, 7) is 0.630. The zero-order valence-corrected chi connectivity index (χ0v) is 13.2. The van der Waals surface area contributed by atoms with E-state index in [1.165, 1.54) is 6.07 Å². The monoisotopic (exact) mass is 373 g/mol. The SMILES string of the molecule is NCc1nc(-c2ccc(S(=O)(=O)C3COC3)c(Br)c2)no1. The minimum atomic E-state index is -3.39. The number of ether oxygens (including phenoxy) is 1. The molecule has 9 heteroatoms. The first-order valence-electron chi connectivity index (χ1n) is 6.16. The van der Waals surface area contributed by atoms with E-state index in [0.29, 0.717) is 21.8 Å². The topological polar surface area (TPSA) is 108 Å². The highest BCUT2D eigenvalue weighted by atomic mass is 79.9. The van der Waals surface area contributed by atoms with Crippen molar-refractivity contribution in [2.75, 3.05) is 13.2 Å². The molecule has 1 saturated heterocycles. The second-order valence-corrected chi connectivity index (χ2v) is 7.62. The zero-order chi connectivity index (χ0) is 15.0. The fraction of sp³-hybridized carbons (Fsp3) is 0.333. The van der Waals surface area contributed by atoms with Gasteiger partial charge in [0.25, 0.3) is 0 Å². The molecule has 1 fully saturated rings. The molecular formula is C12H12BrN3O4S. The standard InChI is InChI=1S/C12H12BrN3O4S/c13-9-3-7(12-15-11(4-14)20-16-12)1-2-10(9)21(17,18)8-5-19-6-8/h1-3,8H,4-6,14H2. The minimum Gasteiger partial charge on any atom is -0.379 e. The van der Waals surface area contributed by atoms with Gasteiger partial charge in [0.2, 0.25) is 11.7 Å². The van der Waals surface area contributed by atoms with Crippen molar-refractivity contribution in [3.05, 3.63) is 28.6 Å². The highest BCUT2D eigenvalue weighted by Gasteiger charge is 2.35. The molecule has 1 aliphatic rings.